The largest absolute Gasteiger partial charge is 0.493 e. The van der Waals surface area contributed by atoms with Crippen LogP contribution in [0.2, 0.25) is 0 Å². The second-order valence-electron chi connectivity index (χ2n) is 3.94. The van der Waals surface area contributed by atoms with Crippen LogP contribution in [0.5, 0.6) is 11.5 Å². The van der Waals surface area contributed by atoms with Crippen LogP contribution in [0.15, 0.2) is 0 Å². The molecule has 1 aromatic rings. The lowest BCUT2D eigenvalue weighted by Gasteiger charge is -2.12. The molecular weight excluding hydrogens is 222 g/mol. The highest BCUT2D eigenvalue weighted by atomic mass is 32.1. The number of ether oxygens (including phenoxy) is 2. The fourth-order valence-electron chi connectivity index (χ4n) is 2.49. The van der Waals surface area contributed by atoms with Crippen LogP contribution in [-0.2, 0) is 18.6 Å². The standard InChI is InChI=1S/C12H11NO2S/c13-5-9-7-1-3-15-12(7)10(6-16)8-2-4-14-11(8)9/h16H,1-4,6H2. The molecule has 2 aliphatic heterocycles. The lowest BCUT2D eigenvalue weighted by Crippen LogP contribution is -1.97. The third kappa shape index (κ3) is 1.15. The van der Waals surface area contributed by atoms with Crippen molar-refractivity contribution < 1.29 is 9.47 Å². The number of nitriles is 1. The van der Waals surface area contributed by atoms with Crippen molar-refractivity contribution in [2.75, 3.05) is 13.2 Å². The van der Waals surface area contributed by atoms with Crippen molar-refractivity contribution in [3.05, 3.63) is 22.3 Å². The van der Waals surface area contributed by atoms with Gasteiger partial charge in [-0.3, -0.25) is 0 Å². The molecule has 1 aromatic carbocycles. The van der Waals surface area contributed by atoms with E-state index >= 15 is 0 Å². The van der Waals surface area contributed by atoms with Crippen molar-refractivity contribution in [1.82, 2.24) is 0 Å². The average Bonchev–Trinajstić information content (AvgIpc) is 2.93. The molecule has 0 spiro atoms. The Balaban J connectivity index is 2.35. The minimum atomic E-state index is 0.639. The second kappa shape index (κ2) is 3.60. The Morgan fingerprint density at radius 1 is 1.12 bits per heavy atom. The topological polar surface area (TPSA) is 42.2 Å². The molecule has 3 rings (SSSR count). The summed E-state index contributed by atoms with van der Waals surface area (Å²) in [4.78, 5) is 0. The van der Waals surface area contributed by atoms with Gasteiger partial charge >= 0.3 is 0 Å². The Bertz CT molecular complexity index is 470. The lowest BCUT2D eigenvalue weighted by atomic mass is 9.95. The van der Waals surface area contributed by atoms with E-state index in [0.29, 0.717) is 24.5 Å². The van der Waals surface area contributed by atoms with E-state index in [-0.39, 0.29) is 0 Å². The van der Waals surface area contributed by atoms with Gasteiger partial charge in [0.15, 0.2) is 0 Å². The summed E-state index contributed by atoms with van der Waals surface area (Å²) in [5.74, 6) is 2.30. The molecule has 2 aliphatic rings. The highest BCUT2D eigenvalue weighted by Crippen LogP contribution is 2.44. The zero-order valence-corrected chi connectivity index (χ0v) is 9.64. The predicted octanol–water partition coefficient (Wildman–Crippen LogP) is 1.86. The lowest BCUT2D eigenvalue weighted by molar-refractivity contribution is 0.354. The molecule has 0 radical (unpaired) electrons. The number of rotatable bonds is 1. The first-order valence-corrected chi connectivity index (χ1v) is 5.97. The Labute approximate surface area is 99.4 Å². The van der Waals surface area contributed by atoms with Gasteiger partial charge in [0.05, 0.1) is 13.2 Å². The molecule has 0 fully saturated rings. The molecule has 0 atom stereocenters. The molecule has 16 heavy (non-hydrogen) atoms. The molecular formula is C12H11NO2S. The molecule has 4 heteroatoms. The van der Waals surface area contributed by atoms with Gasteiger partial charge in [-0.2, -0.15) is 17.9 Å². The van der Waals surface area contributed by atoms with Gasteiger partial charge in [-0.1, -0.05) is 0 Å². The minimum Gasteiger partial charge on any atom is -0.493 e. The smallest absolute Gasteiger partial charge is 0.141 e. The van der Waals surface area contributed by atoms with Crippen LogP contribution in [0.3, 0.4) is 0 Å². The van der Waals surface area contributed by atoms with Crippen LogP contribution in [0.25, 0.3) is 0 Å². The molecule has 0 amide bonds. The van der Waals surface area contributed by atoms with Crippen molar-refractivity contribution in [2.24, 2.45) is 0 Å². The van der Waals surface area contributed by atoms with Gasteiger partial charge in [-0.25, -0.2) is 0 Å². The van der Waals surface area contributed by atoms with Crippen molar-refractivity contribution >= 4 is 12.6 Å². The van der Waals surface area contributed by atoms with Crippen LogP contribution in [0.4, 0.5) is 0 Å². The van der Waals surface area contributed by atoms with E-state index in [9.17, 15) is 5.26 Å². The van der Waals surface area contributed by atoms with Crippen LogP contribution in [-0.4, -0.2) is 13.2 Å². The average molecular weight is 233 g/mol. The number of thiol groups is 1. The molecule has 0 bridgehead atoms. The van der Waals surface area contributed by atoms with Crippen molar-refractivity contribution in [3.63, 3.8) is 0 Å². The highest BCUT2D eigenvalue weighted by Gasteiger charge is 2.30. The number of nitrogens with zero attached hydrogens (tertiary/aromatic N) is 1. The van der Waals surface area contributed by atoms with Crippen LogP contribution < -0.4 is 9.47 Å². The molecule has 3 nitrogen and oxygen atoms in total. The third-order valence-corrected chi connectivity index (χ3v) is 3.50. The Hall–Kier alpha value is -1.34. The van der Waals surface area contributed by atoms with E-state index in [2.05, 4.69) is 18.7 Å². The summed E-state index contributed by atoms with van der Waals surface area (Å²) in [5, 5.41) is 9.22. The highest BCUT2D eigenvalue weighted by molar-refractivity contribution is 7.79. The zero-order chi connectivity index (χ0) is 11.1. The molecule has 0 unspecified atom stereocenters. The first-order valence-electron chi connectivity index (χ1n) is 5.34. The van der Waals surface area contributed by atoms with Gasteiger partial charge in [0.1, 0.15) is 23.1 Å². The van der Waals surface area contributed by atoms with E-state index in [1.54, 1.807) is 0 Å². The summed E-state index contributed by atoms with van der Waals surface area (Å²) in [6, 6.07) is 2.25. The Morgan fingerprint density at radius 2 is 1.81 bits per heavy atom. The minimum absolute atomic E-state index is 0.639. The maximum Gasteiger partial charge on any atom is 0.141 e. The number of hydrogen-bond acceptors (Lipinski definition) is 4. The van der Waals surface area contributed by atoms with E-state index in [1.165, 1.54) is 0 Å². The van der Waals surface area contributed by atoms with Gasteiger partial charge < -0.3 is 9.47 Å². The quantitative estimate of drug-likeness (QED) is 0.753. The molecule has 0 N–H and O–H groups in total. The van der Waals surface area contributed by atoms with E-state index in [4.69, 9.17) is 9.47 Å². The molecule has 0 aliphatic carbocycles. The monoisotopic (exact) mass is 233 g/mol. The molecule has 82 valence electrons. The summed E-state index contributed by atoms with van der Waals surface area (Å²) in [6.45, 7) is 1.32. The number of fused-ring (bicyclic) bond motifs is 2. The SMILES string of the molecule is N#Cc1c2c(c(CS)c3c1OCC3)OCC2. The number of hydrogen-bond donors (Lipinski definition) is 1. The van der Waals surface area contributed by atoms with E-state index in [1.807, 2.05) is 0 Å². The van der Waals surface area contributed by atoms with Gasteiger partial charge in [0.25, 0.3) is 0 Å². The Kier molecular flexibility index (Phi) is 2.22. The van der Waals surface area contributed by atoms with Gasteiger partial charge in [-0.05, 0) is 0 Å². The maximum absolute atomic E-state index is 9.22. The van der Waals surface area contributed by atoms with Gasteiger partial charge in [0, 0.05) is 35.3 Å². The fourth-order valence-corrected chi connectivity index (χ4v) is 2.82. The summed E-state index contributed by atoms with van der Waals surface area (Å²) in [7, 11) is 0. The van der Waals surface area contributed by atoms with E-state index < -0.39 is 0 Å². The fraction of sp³-hybridized carbons (Fsp3) is 0.417. The summed E-state index contributed by atoms with van der Waals surface area (Å²) in [6.07, 6.45) is 1.66. The van der Waals surface area contributed by atoms with Crippen LogP contribution in [0.1, 0.15) is 22.3 Å². The van der Waals surface area contributed by atoms with Crippen molar-refractivity contribution in [2.45, 2.75) is 18.6 Å². The molecule has 0 saturated carbocycles. The zero-order valence-electron chi connectivity index (χ0n) is 8.75. The third-order valence-electron chi connectivity index (χ3n) is 3.18. The molecule has 0 saturated heterocycles. The normalized spacial score (nSPS) is 16.0. The van der Waals surface area contributed by atoms with E-state index in [0.717, 1.165) is 41.0 Å². The van der Waals surface area contributed by atoms with Gasteiger partial charge in [-0.15, -0.1) is 0 Å². The van der Waals surface area contributed by atoms with Crippen molar-refractivity contribution in [1.29, 1.82) is 5.26 Å². The second-order valence-corrected chi connectivity index (χ2v) is 4.25. The summed E-state index contributed by atoms with van der Waals surface area (Å²) < 4.78 is 11.2. The maximum atomic E-state index is 9.22. The first-order chi connectivity index (χ1) is 7.86. The molecule has 2 heterocycles. The first kappa shape index (κ1) is 9.86. The Morgan fingerprint density at radius 3 is 2.50 bits per heavy atom. The predicted molar refractivity (Wildman–Crippen MR) is 62.2 cm³/mol. The van der Waals surface area contributed by atoms with Crippen LogP contribution >= 0.6 is 12.6 Å². The number of benzene rings is 1. The summed E-state index contributed by atoms with van der Waals surface area (Å²) in [5.41, 5.74) is 3.91. The van der Waals surface area contributed by atoms with Gasteiger partial charge in [0.2, 0.25) is 0 Å². The molecule has 0 aromatic heterocycles. The summed E-state index contributed by atoms with van der Waals surface area (Å²) >= 11 is 4.35. The van der Waals surface area contributed by atoms with Crippen LogP contribution in [0, 0.1) is 11.3 Å². The van der Waals surface area contributed by atoms with Crippen molar-refractivity contribution in [3.8, 4) is 17.6 Å².